The Morgan fingerprint density at radius 3 is 2.40 bits per heavy atom. The minimum atomic E-state index is -4.69. The molecule has 0 aliphatic carbocycles. The summed E-state index contributed by atoms with van der Waals surface area (Å²) in [6.45, 7) is 0. The Morgan fingerprint density at radius 1 is 1.33 bits per heavy atom. The zero-order chi connectivity index (χ0) is 11.6. The van der Waals surface area contributed by atoms with E-state index in [1.807, 2.05) is 0 Å². The monoisotopic (exact) mass is 303 g/mol. The molecule has 7 heteroatoms. The summed E-state index contributed by atoms with van der Waals surface area (Å²) in [4.78, 5) is 3.09. The number of halogens is 6. The van der Waals surface area contributed by atoms with Gasteiger partial charge in [-0.3, -0.25) is 0 Å². The Balaban J connectivity index is 3.04. The molecule has 1 rings (SSSR count). The van der Waals surface area contributed by atoms with Crippen molar-refractivity contribution in [2.75, 3.05) is 0 Å². The third-order valence-corrected chi connectivity index (χ3v) is 2.27. The maximum absolute atomic E-state index is 12.7. The Hall–Kier alpha value is -0.620. The summed E-state index contributed by atoms with van der Waals surface area (Å²) in [5, 5.41) is -1.50. The van der Waals surface area contributed by atoms with Crippen LogP contribution in [0.1, 0.15) is 0 Å². The molecule has 0 aromatic heterocycles. The molecule has 0 atom stereocenters. The molecule has 0 fully saturated rings. The summed E-state index contributed by atoms with van der Waals surface area (Å²) < 4.78 is 48.6. The maximum atomic E-state index is 12.7. The van der Waals surface area contributed by atoms with Crippen LogP contribution in [0, 0.1) is 5.82 Å². The summed E-state index contributed by atoms with van der Waals surface area (Å²) in [7, 11) is 0. The minimum Gasteiger partial charge on any atom is -0.232 e. The average molecular weight is 304 g/mol. The summed E-state index contributed by atoms with van der Waals surface area (Å²) in [6, 6.07) is 3.18. The van der Waals surface area contributed by atoms with E-state index in [-0.39, 0.29) is 10.2 Å². The van der Waals surface area contributed by atoms with Crippen LogP contribution >= 0.6 is 27.5 Å². The molecule has 0 amide bonds. The standard InChI is InChI=1S/C8H3BrClF4N/c9-5-3-4(1-2-6(5)11)15-7(10)8(12,13)14/h1-3H. The van der Waals surface area contributed by atoms with Gasteiger partial charge in [0, 0.05) is 0 Å². The molecule has 1 aromatic carbocycles. The normalized spacial score (nSPS) is 13.1. The third-order valence-electron chi connectivity index (χ3n) is 1.36. The predicted molar refractivity (Wildman–Crippen MR) is 53.1 cm³/mol. The van der Waals surface area contributed by atoms with Gasteiger partial charge in [0.05, 0.1) is 10.2 Å². The molecule has 15 heavy (non-hydrogen) atoms. The molecule has 0 aliphatic heterocycles. The van der Waals surface area contributed by atoms with Crippen LogP contribution in [0.4, 0.5) is 23.2 Å². The van der Waals surface area contributed by atoms with Gasteiger partial charge >= 0.3 is 6.18 Å². The molecule has 82 valence electrons. The van der Waals surface area contributed by atoms with Gasteiger partial charge in [-0.15, -0.1) is 0 Å². The average Bonchev–Trinajstić information content (AvgIpc) is 2.10. The molecule has 0 aliphatic rings. The van der Waals surface area contributed by atoms with E-state index in [0.29, 0.717) is 0 Å². The van der Waals surface area contributed by atoms with Crippen LogP contribution in [0.3, 0.4) is 0 Å². The van der Waals surface area contributed by atoms with Gasteiger partial charge in [0.2, 0.25) is 5.17 Å². The van der Waals surface area contributed by atoms with Gasteiger partial charge in [-0.2, -0.15) is 13.2 Å². The number of hydrogen-bond acceptors (Lipinski definition) is 1. The lowest BCUT2D eigenvalue weighted by Gasteiger charge is -2.03. The van der Waals surface area contributed by atoms with Gasteiger partial charge in [-0.25, -0.2) is 9.38 Å². The van der Waals surface area contributed by atoms with Crippen molar-refractivity contribution in [2.45, 2.75) is 6.18 Å². The molecule has 0 bridgehead atoms. The van der Waals surface area contributed by atoms with Crippen LogP contribution in [0.15, 0.2) is 27.7 Å². The second-order valence-electron chi connectivity index (χ2n) is 2.50. The summed E-state index contributed by atoms with van der Waals surface area (Å²) in [6.07, 6.45) is -4.69. The summed E-state index contributed by atoms with van der Waals surface area (Å²) >= 11 is 7.72. The minimum absolute atomic E-state index is 0.0235. The quantitative estimate of drug-likeness (QED) is 0.538. The van der Waals surface area contributed by atoms with Crippen LogP contribution in [0.2, 0.25) is 0 Å². The van der Waals surface area contributed by atoms with Crippen molar-refractivity contribution in [1.29, 1.82) is 0 Å². The predicted octanol–water partition coefficient (Wildman–Crippen LogP) is 4.42. The SMILES string of the molecule is Fc1ccc(N=C(Cl)C(F)(F)F)cc1Br. The zero-order valence-corrected chi connectivity index (χ0v) is 9.29. The first-order valence-corrected chi connectivity index (χ1v) is 4.74. The lowest BCUT2D eigenvalue weighted by molar-refractivity contribution is -0.0558. The van der Waals surface area contributed by atoms with E-state index in [1.165, 1.54) is 0 Å². The molecule has 0 N–H and O–H groups in total. The van der Waals surface area contributed by atoms with Crippen molar-refractivity contribution >= 4 is 38.4 Å². The second-order valence-corrected chi connectivity index (χ2v) is 3.71. The van der Waals surface area contributed by atoms with E-state index in [9.17, 15) is 17.6 Å². The number of rotatable bonds is 1. The van der Waals surface area contributed by atoms with E-state index in [4.69, 9.17) is 11.6 Å². The Bertz CT molecular complexity index is 402. The van der Waals surface area contributed by atoms with Crippen molar-refractivity contribution in [2.24, 2.45) is 4.99 Å². The topological polar surface area (TPSA) is 12.4 Å². The van der Waals surface area contributed by atoms with Crippen LogP contribution in [-0.2, 0) is 0 Å². The highest BCUT2D eigenvalue weighted by Crippen LogP contribution is 2.26. The Labute approximate surface area is 95.9 Å². The fraction of sp³-hybridized carbons (Fsp3) is 0.125. The highest BCUT2D eigenvalue weighted by molar-refractivity contribution is 9.10. The molecule has 0 radical (unpaired) electrons. The van der Waals surface area contributed by atoms with Crippen molar-refractivity contribution in [1.82, 2.24) is 0 Å². The number of nitrogens with zero attached hydrogens (tertiary/aromatic N) is 1. The summed E-state index contributed by atoms with van der Waals surface area (Å²) in [5.41, 5.74) is -0.0781. The van der Waals surface area contributed by atoms with Gasteiger partial charge in [0.15, 0.2) is 0 Å². The lowest BCUT2D eigenvalue weighted by atomic mass is 10.3. The highest BCUT2D eigenvalue weighted by atomic mass is 79.9. The van der Waals surface area contributed by atoms with Crippen molar-refractivity contribution in [3.8, 4) is 0 Å². The van der Waals surface area contributed by atoms with Crippen molar-refractivity contribution in [3.05, 3.63) is 28.5 Å². The molecular formula is C8H3BrClF4N. The number of aliphatic imine (C=N–C) groups is 1. The third kappa shape index (κ3) is 3.46. The first-order valence-electron chi connectivity index (χ1n) is 3.57. The van der Waals surface area contributed by atoms with E-state index >= 15 is 0 Å². The van der Waals surface area contributed by atoms with E-state index in [1.54, 1.807) is 0 Å². The number of benzene rings is 1. The fourth-order valence-electron chi connectivity index (χ4n) is 0.731. The fourth-order valence-corrected chi connectivity index (χ4v) is 1.20. The van der Waals surface area contributed by atoms with Crippen molar-refractivity contribution in [3.63, 3.8) is 0 Å². The summed E-state index contributed by atoms with van der Waals surface area (Å²) in [5.74, 6) is -0.586. The largest absolute Gasteiger partial charge is 0.444 e. The molecule has 0 unspecified atom stereocenters. The van der Waals surface area contributed by atoms with Gasteiger partial charge < -0.3 is 0 Å². The van der Waals surface area contributed by atoms with Gasteiger partial charge in [-0.1, -0.05) is 11.6 Å². The van der Waals surface area contributed by atoms with E-state index in [0.717, 1.165) is 18.2 Å². The Morgan fingerprint density at radius 2 is 1.93 bits per heavy atom. The molecule has 1 aromatic rings. The van der Waals surface area contributed by atoms with Gasteiger partial charge in [0.1, 0.15) is 5.82 Å². The van der Waals surface area contributed by atoms with Crippen LogP contribution in [0.5, 0.6) is 0 Å². The number of hydrogen-bond donors (Lipinski definition) is 0. The molecule has 0 saturated heterocycles. The van der Waals surface area contributed by atoms with Crippen LogP contribution < -0.4 is 0 Å². The first kappa shape index (κ1) is 12.4. The molecular weight excluding hydrogens is 301 g/mol. The van der Waals surface area contributed by atoms with Gasteiger partial charge in [0.25, 0.3) is 0 Å². The number of alkyl halides is 3. The molecule has 0 heterocycles. The van der Waals surface area contributed by atoms with Crippen molar-refractivity contribution < 1.29 is 17.6 Å². The highest BCUT2D eigenvalue weighted by Gasteiger charge is 2.34. The Kier molecular flexibility index (Phi) is 3.72. The van der Waals surface area contributed by atoms with Crippen LogP contribution in [0.25, 0.3) is 0 Å². The second kappa shape index (κ2) is 4.49. The smallest absolute Gasteiger partial charge is 0.232 e. The molecule has 0 saturated carbocycles. The van der Waals surface area contributed by atoms with Gasteiger partial charge in [-0.05, 0) is 34.1 Å². The maximum Gasteiger partial charge on any atom is 0.444 e. The van der Waals surface area contributed by atoms with E-state index in [2.05, 4.69) is 20.9 Å². The lowest BCUT2D eigenvalue weighted by Crippen LogP contribution is -2.16. The zero-order valence-electron chi connectivity index (χ0n) is 6.95. The first-order chi connectivity index (χ1) is 6.80. The molecule has 0 spiro atoms. The van der Waals surface area contributed by atoms with Crippen LogP contribution in [-0.4, -0.2) is 11.3 Å². The van der Waals surface area contributed by atoms with E-state index < -0.39 is 17.2 Å². The molecule has 1 nitrogen and oxygen atoms in total.